The van der Waals surface area contributed by atoms with Crippen LogP contribution in [0, 0.1) is 6.92 Å². The molecule has 3 aromatic rings. The molecule has 92 valence electrons. The molecule has 0 aromatic carbocycles. The molecule has 0 amide bonds. The molecule has 3 aromatic heterocycles. The van der Waals surface area contributed by atoms with Crippen LogP contribution in [-0.4, -0.2) is 19.7 Å². The predicted octanol–water partition coefficient (Wildman–Crippen LogP) is 1.28. The van der Waals surface area contributed by atoms with Crippen LogP contribution in [0.1, 0.15) is 5.56 Å². The molecule has 3 N–H and O–H groups in total. The largest absolute Gasteiger partial charge is 0.369 e. The molecule has 0 aliphatic carbocycles. The number of rotatable bonds is 1. The summed E-state index contributed by atoms with van der Waals surface area (Å²) in [5.74, 6) is 0.145. The zero-order chi connectivity index (χ0) is 12.9. The van der Waals surface area contributed by atoms with Gasteiger partial charge in [0.1, 0.15) is 4.83 Å². The third-order valence-electron chi connectivity index (χ3n) is 2.79. The highest BCUT2D eigenvalue weighted by Crippen LogP contribution is 2.35. The molecule has 0 aliphatic rings. The molecule has 0 spiro atoms. The molecule has 3 heterocycles. The van der Waals surface area contributed by atoms with Crippen LogP contribution in [0.5, 0.6) is 0 Å². The second-order valence-electron chi connectivity index (χ2n) is 4.09. The maximum Gasteiger partial charge on any atom is 0.261 e. The van der Waals surface area contributed by atoms with E-state index < -0.39 is 0 Å². The first-order valence-corrected chi connectivity index (χ1v) is 6.16. The molecular formula is C11H11N5OS. The standard InChI is InChI=1S/C11H11N5OS/c1-5-7-9(17)14-11(12)15-10(7)18-8(5)6-3-13-16(2)4-6/h3-4H,1-2H3,(H3,12,14,15,17). The maximum atomic E-state index is 11.9. The fourth-order valence-corrected chi connectivity index (χ4v) is 3.14. The second-order valence-corrected chi connectivity index (χ2v) is 5.09. The van der Waals surface area contributed by atoms with Crippen molar-refractivity contribution >= 4 is 27.5 Å². The van der Waals surface area contributed by atoms with Crippen molar-refractivity contribution in [2.75, 3.05) is 5.73 Å². The van der Waals surface area contributed by atoms with Crippen LogP contribution in [0.3, 0.4) is 0 Å². The van der Waals surface area contributed by atoms with Crippen LogP contribution in [0.4, 0.5) is 5.95 Å². The number of hydrogen-bond acceptors (Lipinski definition) is 5. The number of anilines is 1. The average molecular weight is 261 g/mol. The highest BCUT2D eigenvalue weighted by molar-refractivity contribution is 7.22. The van der Waals surface area contributed by atoms with Gasteiger partial charge in [-0.3, -0.25) is 14.5 Å². The van der Waals surface area contributed by atoms with Crippen LogP contribution >= 0.6 is 11.3 Å². The molecule has 0 radical (unpaired) electrons. The van der Waals surface area contributed by atoms with Crippen molar-refractivity contribution in [3.8, 4) is 10.4 Å². The fourth-order valence-electron chi connectivity index (χ4n) is 1.97. The van der Waals surface area contributed by atoms with E-state index in [1.807, 2.05) is 20.2 Å². The van der Waals surface area contributed by atoms with E-state index in [0.29, 0.717) is 10.2 Å². The molecule has 3 rings (SSSR count). The molecular weight excluding hydrogens is 250 g/mol. The van der Waals surface area contributed by atoms with Crippen LogP contribution in [-0.2, 0) is 7.05 Å². The number of H-pyrrole nitrogens is 1. The summed E-state index contributed by atoms with van der Waals surface area (Å²) in [5, 5.41) is 4.74. The molecule has 0 saturated carbocycles. The third-order valence-corrected chi connectivity index (χ3v) is 4.02. The highest BCUT2D eigenvalue weighted by atomic mass is 32.1. The molecule has 0 fully saturated rings. The van der Waals surface area contributed by atoms with E-state index in [1.165, 1.54) is 11.3 Å². The van der Waals surface area contributed by atoms with Crippen LogP contribution in [0.15, 0.2) is 17.2 Å². The molecule has 6 nitrogen and oxygen atoms in total. The first-order valence-electron chi connectivity index (χ1n) is 5.34. The third kappa shape index (κ3) is 1.52. The number of thiophene rings is 1. The van der Waals surface area contributed by atoms with Crippen molar-refractivity contribution in [3.63, 3.8) is 0 Å². The van der Waals surface area contributed by atoms with Gasteiger partial charge >= 0.3 is 0 Å². The lowest BCUT2D eigenvalue weighted by Crippen LogP contribution is -2.10. The first kappa shape index (κ1) is 11.0. The number of nitrogen functional groups attached to an aromatic ring is 1. The van der Waals surface area contributed by atoms with Gasteiger partial charge in [0.05, 0.1) is 11.6 Å². The molecule has 7 heteroatoms. The Morgan fingerprint density at radius 1 is 1.50 bits per heavy atom. The Kier molecular flexibility index (Phi) is 2.24. The lowest BCUT2D eigenvalue weighted by molar-refractivity contribution is 0.768. The van der Waals surface area contributed by atoms with Gasteiger partial charge in [0.25, 0.3) is 5.56 Å². The monoisotopic (exact) mass is 261 g/mol. The Labute approximate surface area is 106 Å². The number of aromatic nitrogens is 4. The van der Waals surface area contributed by atoms with Gasteiger partial charge in [0.2, 0.25) is 5.95 Å². The van der Waals surface area contributed by atoms with Gasteiger partial charge in [0, 0.05) is 23.7 Å². The van der Waals surface area contributed by atoms with E-state index in [2.05, 4.69) is 15.1 Å². The van der Waals surface area contributed by atoms with Crippen LogP contribution < -0.4 is 11.3 Å². The molecule has 0 atom stereocenters. The zero-order valence-corrected chi connectivity index (χ0v) is 10.7. The van der Waals surface area contributed by atoms with Crippen molar-refractivity contribution in [1.82, 2.24) is 19.7 Å². The van der Waals surface area contributed by atoms with Crippen molar-refractivity contribution in [2.24, 2.45) is 7.05 Å². The van der Waals surface area contributed by atoms with E-state index in [-0.39, 0.29) is 11.5 Å². The molecule has 0 saturated heterocycles. The summed E-state index contributed by atoms with van der Waals surface area (Å²) >= 11 is 1.45. The first-order chi connectivity index (χ1) is 8.56. The normalized spacial score (nSPS) is 11.2. The van der Waals surface area contributed by atoms with Gasteiger partial charge < -0.3 is 5.73 Å². The molecule has 18 heavy (non-hydrogen) atoms. The minimum atomic E-state index is -0.193. The van der Waals surface area contributed by atoms with Gasteiger partial charge in [-0.1, -0.05) is 0 Å². The average Bonchev–Trinajstić information content (AvgIpc) is 2.83. The van der Waals surface area contributed by atoms with E-state index >= 15 is 0 Å². The van der Waals surface area contributed by atoms with E-state index in [9.17, 15) is 4.79 Å². The quantitative estimate of drug-likeness (QED) is 0.690. The van der Waals surface area contributed by atoms with Gasteiger partial charge in [-0.25, -0.2) is 4.98 Å². The fraction of sp³-hybridized carbons (Fsp3) is 0.182. The van der Waals surface area contributed by atoms with Crippen LogP contribution in [0.2, 0.25) is 0 Å². The van der Waals surface area contributed by atoms with Crippen molar-refractivity contribution in [1.29, 1.82) is 0 Å². The highest BCUT2D eigenvalue weighted by Gasteiger charge is 2.15. The van der Waals surface area contributed by atoms with Gasteiger partial charge in [-0.15, -0.1) is 11.3 Å². The smallest absolute Gasteiger partial charge is 0.261 e. The summed E-state index contributed by atoms with van der Waals surface area (Å²) in [6, 6.07) is 0. The van der Waals surface area contributed by atoms with Gasteiger partial charge in [-0.05, 0) is 12.5 Å². The van der Waals surface area contributed by atoms with Crippen molar-refractivity contribution in [2.45, 2.75) is 6.92 Å². The lowest BCUT2D eigenvalue weighted by atomic mass is 10.1. The summed E-state index contributed by atoms with van der Waals surface area (Å²) in [7, 11) is 1.86. The number of fused-ring (bicyclic) bond motifs is 1. The molecule has 0 unspecified atom stereocenters. The molecule has 0 bridgehead atoms. The summed E-state index contributed by atoms with van der Waals surface area (Å²) in [6.07, 6.45) is 3.69. The number of nitrogens with two attached hydrogens (primary N) is 1. The van der Waals surface area contributed by atoms with Crippen LogP contribution in [0.25, 0.3) is 20.7 Å². The zero-order valence-electron chi connectivity index (χ0n) is 9.89. The Hall–Kier alpha value is -2.15. The Bertz CT molecular complexity index is 797. The number of hydrogen-bond donors (Lipinski definition) is 2. The minimum Gasteiger partial charge on any atom is -0.369 e. The SMILES string of the molecule is Cc1c(-c2cnn(C)c2)sc2nc(N)[nH]c(=O)c12. The number of nitrogens with zero attached hydrogens (tertiary/aromatic N) is 3. The minimum absolute atomic E-state index is 0.145. The maximum absolute atomic E-state index is 11.9. The van der Waals surface area contributed by atoms with Gasteiger partial charge in [0.15, 0.2) is 0 Å². The lowest BCUT2D eigenvalue weighted by Gasteiger charge is -1.94. The number of aryl methyl sites for hydroxylation is 2. The summed E-state index contributed by atoms with van der Waals surface area (Å²) in [4.78, 5) is 20.2. The Morgan fingerprint density at radius 2 is 2.28 bits per heavy atom. The molecule has 0 aliphatic heterocycles. The van der Waals surface area contributed by atoms with Crippen molar-refractivity contribution in [3.05, 3.63) is 28.3 Å². The summed E-state index contributed by atoms with van der Waals surface area (Å²) in [5.41, 5.74) is 7.25. The van der Waals surface area contributed by atoms with E-state index in [4.69, 9.17) is 5.73 Å². The summed E-state index contributed by atoms with van der Waals surface area (Å²) < 4.78 is 1.73. The Balaban J connectivity index is 2.36. The number of aromatic amines is 1. The Morgan fingerprint density at radius 3 is 2.94 bits per heavy atom. The van der Waals surface area contributed by atoms with E-state index in [1.54, 1.807) is 10.9 Å². The van der Waals surface area contributed by atoms with E-state index in [0.717, 1.165) is 16.0 Å². The topological polar surface area (TPSA) is 89.6 Å². The van der Waals surface area contributed by atoms with Crippen molar-refractivity contribution < 1.29 is 0 Å². The summed E-state index contributed by atoms with van der Waals surface area (Å²) in [6.45, 7) is 1.91. The van der Waals surface area contributed by atoms with Gasteiger partial charge in [-0.2, -0.15) is 5.10 Å². The second kappa shape index (κ2) is 3.67. The number of nitrogens with one attached hydrogen (secondary N) is 1. The predicted molar refractivity (Wildman–Crippen MR) is 71.6 cm³/mol.